The van der Waals surface area contributed by atoms with Gasteiger partial charge in [0.25, 0.3) is 0 Å². The van der Waals surface area contributed by atoms with E-state index in [4.69, 9.17) is 71.1 Å². The summed E-state index contributed by atoms with van der Waals surface area (Å²) < 4.78 is 84.5. The Labute approximate surface area is 588 Å². The van der Waals surface area contributed by atoms with Gasteiger partial charge < -0.3 is 205 Å². The summed E-state index contributed by atoms with van der Waals surface area (Å²) in [7, 11) is 0. The van der Waals surface area contributed by atoms with Crippen LogP contribution in [0.3, 0.4) is 0 Å². The number of aliphatic carboxylic acids is 4. The lowest BCUT2D eigenvalue weighted by atomic mass is 9.93. The fourth-order valence-corrected chi connectivity index (χ4v) is 13.0. The molecular weight excluding hydrogens is 1450 g/mol. The predicted octanol–water partition coefficient (Wildman–Crippen LogP) is -17.5. The molecule has 0 saturated carbocycles. The number of carboxylic acids is 4. The zero-order valence-corrected chi connectivity index (χ0v) is 55.2. The van der Waals surface area contributed by atoms with E-state index in [1.165, 1.54) is 0 Å². The smallest absolute Gasteiger partial charge is 0.335 e. The lowest BCUT2D eigenvalue weighted by molar-refractivity contribution is -0.380. The van der Waals surface area contributed by atoms with Crippen LogP contribution in [0.4, 0.5) is 0 Å². The Hall–Kier alpha value is -5.56. The van der Waals surface area contributed by atoms with Gasteiger partial charge in [-0.15, -0.1) is 0 Å². The topological polar surface area (TPSA) is 768 Å². The number of aliphatic hydroxyl groups excluding tert-OH is 18. The first kappa shape index (κ1) is 85.1. The molecule has 0 radical (unpaired) electrons. The van der Waals surface area contributed by atoms with Crippen LogP contribution in [0.5, 0.6) is 0 Å². The highest BCUT2D eigenvalue weighted by Gasteiger charge is 2.62. The summed E-state index contributed by atoms with van der Waals surface area (Å²) >= 11 is 0. The van der Waals surface area contributed by atoms with Gasteiger partial charge in [-0.25, -0.2) is 19.2 Å². The van der Waals surface area contributed by atoms with Gasteiger partial charge in [0.05, 0.1) is 26.4 Å². The minimum atomic E-state index is -2.65. The minimum Gasteiger partial charge on any atom is -0.479 e. The largest absolute Gasteiger partial charge is 0.479 e. The first-order valence-corrected chi connectivity index (χ1v) is 32.1. The number of hydrogen-bond acceptors (Lipinski definition) is 41. The van der Waals surface area contributed by atoms with Gasteiger partial charge in [0.15, 0.2) is 74.7 Å². The number of ether oxygens (including phenoxy) is 15. The van der Waals surface area contributed by atoms with E-state index in [1.807, 2.05) is 0 Å². The number of hydrogen-bond donors (Lipinski definition) is 26. The Morgan fingerprint density at radius 1 is 0.257 bits per heavy atom. The van der Waals surface area contributed by atoms with Crippen LogP contribution in [-0.4, -0.2) is 432 Å². The summed E-state index contributed by atoms with van der Waals surface area (Å²) in [6.07, 6.45) is -82.7. The highest BCUT2D eigenvalue weighted by molar-refractivity contribution is 5.76. The molecule has 8 saturated heterocycles. The van der Waals surface area contributed by atoms with Crippen molar-refractivity contribution >= 4 is 47.5 Å². The van der Waals surface area contributed by atoms with Gasteiger partial charge in [0, 0.05) is 27.7 Å². The molecule has 8 heterocycles. The van der Waals surface area contributed by atoms with Gasteiger partial charge in [-0.3, -0.25) is 19.2 Å². The van der Waals surface area contributed by atoms with Crippen molar-refractivity contribution in [3.63, 3.8) is 0 Å². The Balaban J connectivity index is 1.01. The molecule has 0 aromatic rings. The SMILES string of the molecule is CC(=O)N[C@H]1[C@H](O[C@H]2[C@H](O)[C@@H](O)[C@H](O[C@H]3[C@H](O)[C@@H](CO)O[C@@H](O[C@H]4[C@H](O)[C@@H](O)[C@H](O[C@H]5[C@H](O)[C@@H](CO)O[C@@H](O[C@H]6[C@H](O)[C@@H](O)[C@H](O[C@H]7[C@H](O)[C@@H](CO)O[C@@H](O[C@H]8[C@H](O)[C@@H](O)[C@@H](O)O[C@@H]8C(=O)O)[C@@H]7NC(C)=O)O[C@@H]6C(=O)O)[C@@H]5NC(C)=O)O[C@@H]4C(=O)O)[C@@H]3NC(C)=O)O[C@@H]2C(=O)O)O[C@H](CO)[C@@H](O)[C@@H]1O. The van der Waals surface area contributed by atoms with Crippen LogP contribution >= 0.6 is 0 Å². The first-order valence-electron chi connectivity index (χ1n) is 32.1. The Morgan fingerprint density at radius 2 is 0.476 bits per heavy atom. The van der Waals surface area contributed by atoms with Crippen molar-refractivity contribution < 1.29 is 222 Å². The molecule has 0 spiro atoms. The summed E-state index contributed by atoms with van der Waals surface area (Å²) in [5.41, 5.74) is 0. The second kappa shape index (κ2) is 35.9. The van der Waals surface area contributed by atoms with Crippen molar-refractivity contribution in [2.45, 2.75) is 273 Å². The zero-order chi connectivity index (χ0) is 78.0. The maximum Gasteiger partial charge on any atom is 0.335 e. The van der Waals surface area contributed by atoms with Crippen LogP contribution in [0.1, 0.15) is 27.7 Å². The molecule has 49 nitrogen and oxygen atoms in total. The molecule has 40 atom stereocenters. The summed E-state index contributed by atoms with van der Waals surface area (Å²) in [6, 6.07) is -7.95. The number of rotatable bonds is 26. The van der Waals surface area contributed by atoms with Crippen LogP contribution in [0.15, 0.2) is 0 Å². The summed E-state index contributed by atoms with van der Waals surface area (Å²) in [5, 5.41) is 248. The van der Waals surface area contributed by atoms with E-state index >= 15 is 0 Å². The van der Waals surface area contributed by atoms with Gasteiger partial charge in [-0.1, -0.05) is 0 Å². The van der Waals surface area contributed by atoms with Crippen molar-refractivity contribution in [2.75, 3.05) is 26.4 Å². The molecule has 8 aliphatic heterocycles. The molecule has 0 aromatic carbocycles. The van der Waals surface area contributed by atoms with Crippen LogP contribution in [0.25, 0.3) is 0 Å². The number of carboxylic acid groups (broad SMARTS) is 4. The Kier molecular flexibility index (Phi) is 29.0. The monoisotopic (exact) mass is 1530 g/mol. The Morgan fingerprint density at radius 3 is 0.724 bits per heavy atom. The van der Waals surface area contributed by atoms with Gasteiger partial charge in [-0.2, -0.15) is 0 Å². The van der Waals surface area contributed by atoms with Crippen molar-refractivity contribution in [1.29, 1.82) is 0 Å². The van der Waals surface area contributed by atoms with Crippen LogP contribution in [-0.2, 0) is 109 Å². The molecule has 0 aromatic heterocycles. The van der Waals surface area contributed by atoms with Gasteiger partial charge in [-0.05, 0) is 0 Å². The maximum atomic E-state index is 13.2. The number of amides is 4. The third-order valence-corrected chi connectivity index (χ3v) is 18.1. The van der Waals surface area contributed by atoms with Gasteiger partial charge in [0.2, 0.25) is 23.6 Å². The van der Waals surface area contributed by atoms with Gasteiger partial charge >= 0.3 is 23.9 Å². The molecule has 600 valence electrons. The second-order valence-electron chi connectivity index (χ2n) is 25.5. The van der Waals surface area contributed by atoms with Crippen LogP contribution < -0.4 is 21.3 Å². The standard InChI is InChI=1S/C56H86N4O45/c1-9(65)57-17-25(73)21(69)13(5-61)91-50(17)99-38-27(75)31(79)54(103-42(38)46(84)85)97-35-19(59-11(3)67)52(93-15(7-63)23(35)71)101-40-29(77)33(81)56(105-44(40)48(88)89)98-36-20(60-12(4)68)53(94-16(8-64)24(36)72)102-39-28(76)32(80)55(104-43(39)47(86)87)96-34-18(58-10(2)66)51(92-14(6-62)22(34)70)100-37-26(74)30(78)49(90)95-41(37)45(82)83/h13-44,49-56,61-64,69-81,90H,5-8H2,1-4H3,(H,57,65)(H,58,66)(H,59,67)(H,60,68)(H,82,83)(H,84,85)(H,86,87)(H,88,89)/t13-,14-,15-,16-,17-,18-,19-,20-,21-,22-,23-,24-,25-,26-,27-,28-,29-,30-,31-,32-,33-,34-,35-,36-,37+,38+,39+,40+,41+,42+,43+,44+,49+,50+,51+,52+,53+,54-,55-,56-/m1/s1. The Bertz CT molecular complexity index is 2990. The number of carbonyl (C=O) groups is 8. The molecule has 4 amide bonds. The minimum absolute atomic E-state index is 0.832. The molecule has 0 bridgehead atoms. The fraction of sp³-hybridized carbons (Fsp3) is 0.857. The lowest BCUT2D eigenvalue weighted by Gasteiger charge is -2.51. The highest BCUT2D eigenvalue weighted by Crippen LogP contribution is 2.39. The van der Waals surface area contributed by atoms with Crippen LogP contribution in [0.2, 0.25) is 0 Å². The third kappa shape index (κ3) is 18.5. The average Bonchev–Trinajstić information content (AvgIpc) is 0.759. The van der Waals surface area contributed by atoms with Crippen LogP contribution in [0, 0.1) is 0 Å². The number of aliphatic hydroxyl groups is 18. The lowest BCUT2D eigenvalue weighted by Crippen LogP contribution is -2.71. The average molecular weight is 1540 g/mol. The summed E-state index contributed by atoms with van der Waals surface area (Å²) in [6.45, 7) is -1.09. The second-order valence-corrected chi connectivity index (χ2v) is 25.5. The van der Waals surface area contributed by atoms with E-state index in [-0.39, 0.29) is 0 Å². The highest BCUT2D eigenvalue weighted by atomic mass is 16.8. The normalized spacial score (nSPS) is 46.8. The number of nitrogens with one attached hydrogen (secondary N) is 4. The van der Waals surface area contributed by atoms with E-state index in [0.29, 0.717) is 0 Å². The van der Waals surface area contributed by atoms with Crippen molar-refractivity contribution in [3.8, 4) is 0 Å². The van der Waals surface area contributed by atoms with E-state index in [9.17, 15) is 151 Å². The summed E-state index contributed by atoms with van der Waals surface area (Å²) in [5.74, 6) is -12.0. The quantitative estimate of drug-likeness (QED) is 0.0382. The molecule has 26 N–H and O–H groups in total. The molecular formula is C56H86N4O45. The predicted molar refractivity (Wildman–Crippen MR) is 313 cm³/mol. The molecule has 0 aliphatic carbocycles. The molecule has 0 unspecified atom stereocenters. The van der Waals surface area contributed by atoms with Crippen molar-refractivity contribution in [3.05, 3.63) is 0 Å². The molecule has 105 heavy (non-hydrogen) atoms. The third-order valence-electron chi connectivity index (χ3n) is 18.1. The van der Waals surface area contributed by atoms with Crippen molar-refractivity contribution in [1.82, 2.24) is 21.3 Å². The summed E-state index contributed by atoms with van der Waals surface area (Å²) in [4.78, 5) is 102. The zero-order valence-electron chi connectivity index (χ0n) is 55.2. The number of carbonyl (C=O) groups excluding carboxylic acids is 4. The molecule has 49 heteroatoms. The first-order chi connectivity index (χ1) is 49.3. The van der Waals surface area contributed by atoms with Crippen molar-refractivity contribution in [2.24, 2.45) is 0 Å². The van der Waals surface area contributed by atoms with Gasteiger partial charge in [0.1, 0.15) is 171 Å². The van der Waals surface area contributed by atoms with E-state index in [0.717, 1.165) is 27.7 Å². The molecule has 8 fully saturated rings. The van der Waals surface area contributed by atoms with E-state index < -0.39 is 319 Å². The van der Waals surface area contributed by atoms with E-state index in [1.54, 1.807) is 0 Å². The fourth-order valence-electron chi connectivity index (χ4n) is 13.0. The van der Waals surface area contributed by atoms with E-state index in [2.05, 4.69) is 21.3 Å². The molecule has 8 rings (SSSR count). The maximum absolute atomic E-state index is 13.2. The molecule has 8 aliphatic rings.